The monoisotopic (exact) mass is 296 g/mol. The van der Waals surface area contributed by atoms with E-state index in [2.05, 4.69) is 24.4 Å². The van der Waals surface area contributed by atoms with Crippen LogP contribution in [-0.4, -0.2) is 44.7 Å². The predicted molar refractivity (Wildman–Crippen MR) is 81.9 cm³/mol. The van der Waals surface area contributed by atoms with Crippen molar-refractivity contribution < 1.29 is 9.53 Å². The molecule has 0 spiro atoms. The fraction of sp³-hybridized carbons (Fsp3) is 0.667. The van der Waals surface area contributed by atoms with Crippen molar-refractivity contribution in [1.82, 2.24) is 10.2 Å². The molecular weight excluding hydrogens is 272 g/mol. The van der Waals surface area contributed by atoms with Crippen LogP contribution in [0, 0.1) is 12.3 Å². The number of hydrogen-bond acceptors (Lipinski definition) is 4. The van der Waals surface area contributed by atoms with Crippen LogP contribution >= 0.6 is 11.3 Å². The van der Waals surface area contributed by atoms with Crippen LogP contribution in [0.15, 0.2) is 12.1 Å². The van der Waals surface area contributed by atoms with Crippen LogP contribution in [-0.2, 0) is 16.1 Å². The number of carbonyl (C=O) groups excluding carboxylic acids is 1. The lowest BCUT2D eigenvalue weighted by Gasteiger charge is -2.38. The van der Waals surface area contributed by atoms with Gasteiger partial charge in [-0.25, -0.2) is 0 Å². The highest BCUT2D eigenvalue weighted by molar-refractivity contribution is 7.11. The molecule has 0 atom stereocenters. The fourth-order valence-electron chi connectivity index (χ4n) is 2.88. The van der Waals surface area contributed by atoms with Crippen LogP contribution in [0.1, 0.15) is 22.6 Å². The minimum atomic E-state index is -0.346. The summed E-state index contributed by atoms with van der Waals surface area (Å²) >= 11 is 1.75. The van der Waals surface area contributed by atoms with Gasteiger partial charge in [0.2, 0.25) is 5.91 Å². The first-order valence-electron chi connectivity index (χ1n) is 7.08. The molecule has 1 fully saturated rings. The van der Waals surface area contributed by atoms with Crippen molar-refractivity contribution in [3.05, 3.63) is 21.9 Å². The third-order valence-electron chi connectivity index (χ3n) is 3.97. The molecule has 0 aromatic carbocycles. The summed E-state index contributed by atoms with van der Waals surface area (Å²) in [6.45, 7) is 5.08. The van der Waals surface area contributed by atoms with E-state index in [9.17, 15) is 4.79 Å². The van der Waals surface area contributed by atoms with Crippen molar-refractivity contribution in [3.63, 3.8) is 0 Å². The number of aryl methyl sites for hydroxylation is 1. The van der Waals surface area contributed by atoms with E-state index in [4.69, 9.17) is 4.74 Å². The zero-order chi connectivity index (χ0) is 14.6. The summed E-state index contributed by atoms with van der Waals surface area (Å²) in [5, 5.41) is 3.32. The summed E-state index contributed by atoms with van der Waals surface area (Å²) in [7, 11) is 3.58. The lowest BCUT2D eigenvalue weighted by atomic mass is 9.78. The molecule has 0 radical (unpaired) electrons. The smallest absolute Gasteiger partial charge is 0.231 e. The fourth-order valence-corrected chi connectivity index (χ4v) is 3.83. The SMILES string of the molecule is COCC1(C(=O)N(C)Cc2ccc(C)s2)CCNCC1. The largest absolute Gasteiger partial charge is 0.384 e. The first-order chi connectivity index (χ1) is 9.57. The number of nitrogens with zero attached hydrogens (tertiary/aromatic N) is 1. The molecule has 1 aromatic rings. The highest BCUT2D eigenvalue weighted by atomic mass is 32.1. The topological polar surface area (TPSA) is 41.6 Å². The normalized spacial score (nSPS) is 17.9. The minimum Gasteiger partial charge on any atom is -0.384 e. The lowest BCUT2D eigenvalue weighted by molar-refractivity contribution is -0.146. The van der Waals surface area contributed by atoms with Gasteiger partial charge < -0.3 is 15.0 Å². The van der Waals surface area contributed by atoms with Crippen LogP contribution < -0.4 is 5.32 Å². The Kier molecular flexibility index (Phi) is 5.18. The molecule has 5 heteroatoms. The number of piperidine rings is 1. The number of rotatable bonds is 5. The van der Waals surface area contributed by atoms with Gasteiger partial charge in [0.15, 0.2) is 0 Å². The van der Waals surface area contributed by atoms with E-state index in [1.807, 2.05) is 11.9 Å². The maximum atomic E-state index is 12.8. The third-order valence-corrected chi connectivity index (χ3v) is 4.96. The van der Waals surface area contributed by atoms with Gasteiger partial charge in [-0.2, -0.15) is 0 Å². The Labute approximate surface area is 125 Å². The number of methoxy groups -OCH3 is 1. The molecule has 1 amide bonds. The van der Waals surface area contributed by atoms with Crippen LogP contribution in [0.3, 0.4) is 0 Å². The van der Waals surface area contributed by atoms with Gasteiger partial charge in [0.05, 0.1) is 18.6 Å². The standard InChI is InChI=1S/C15H24N2O2S/c1-12-4-5-13(20-12)10-17(2)14(18)15(11-19-3)6-8-16-9-7-15/h4-5,16H,6-11H2,1-3H3. The van der Waals surface area contributed by atoms with Gasteiger partial charge in [0.25, 0.3) is 0 Å². The van der Waals surface area contributed by atoms with Crippen molar-refractivity contribution in [2.24, 2.45) is 5.41 Å². The number of amides is 1. The molecule has 2 heterocycles. The summed E-state index contributed by atoms with van der Waals surface area (Å²) in [6.07, 6.45) is 1.71. The van der Waals surface area contributed by atoms with E-state index < -0.39 is 0 Å². The summed E-state index contributed by atoms with van der Waals surface area (Å²) in [6, 6.07) is 4.21. The molecular formula is C15H24N2O2S. The minimum absolute atomic E-state index is 0.215. The Balaban J connectivity index is 2.06. The zero-order valence-electron chi connectivity index (χ0n) is 12.6. The average Bonchev–Trinajstić information content (AvgIpc) is 2.84. The molecule has 1 saturated heterocycles. The van der Waals surface area contributed by atoms with Gasteiger partial charge in [0.1, 0.15) is 0 Å². The quantitative estimate of drug-likeness (QED) is 0.904. The summed E-state index contributed by atoms with van der Waals surface area (Å²) < 4.78 is 5.34. The first-order valence-corrected chi connectivity index (χ1v) is 7.89. The summed E-state index contributed by atoms with van der Waals surface area (Å²) in [5.74, 6) is 0.215. The van der Waals surface area contributed by atoms with Gasteiger partial charge in [-0.15, -0.1) is 11.3 Å². The molecule has 1 aromatic heterocycles. The second-order valence-electron chi connectivity index (χ2n) is 5.64. The van der Waals surface area contributed by atoms with Gasteiger partial charge in [-0.3, -0.25) is 4.79 Å². The molecule has 0 bridgehead atoms. The Morgan fingerprint density at radius 3 is 2.70 bits per heavy atom. The van der Waals surface area contributed by atoms with Crippen molar-refractivity contribution in [1.29, 1.82) is 0 Å². The van der Waals surface area contributed by atoms with Crippen molar-refractivity contribution in [3.8, 4) is 0 Å². The zero-order valence-corrected chi connectivity index (χ0v) is 13.4. The highest BCUT2D eigenvalue weighted by Gasteiger charge is 2.41. The van der Waals surface area contributed by atoms with Crippen molar-refractivity contribution >= 4 is 17.2 Å². The number of hydrogen-bond donors (Lipinski definition) is 1. The lowest BCUT2D eigenvalue weighted by Crippen LogP contribution is -2.50. The van der Waals surface area contributed by atoms with E-state index in [-0.39, 0.29) is 11.3 Å². The van der Waals surface area contributed by atoms with E-state index in [1.165, 1.54) is 9.75 Å². The molecule has 1 aliphatic heterocycles. The molecule has 0 aliphatic carbocycles. The molecule has 4 nitrogen and oxygen atoms in total. The Bertz CT molecular complexity index is 447. The van der Waals surface area contributed by atoms with Gasteiger partial charge >= 0.3 is 0 Å². The van der Waals surface area contributed by atoms with Crippen molar-refractivity contribution in [2.45, 2.75) is 26.3 Å². The Morgan fingerprint density at radius 1 is 1.45 bits per heavy atom. The van der Waals surface area contributed by atoms with Crippen molar-refractivity contribution in [2.75, 3.05) is 33.9 Å². The Hall–Kier alpha value is -0.910. The van der Waals surface area contributed by atoms with Gasteiger partial charge in [-0.1, -0.05) is 0 Å². The van der Waals surface area contributed by atoms with Gasteiger partial charge in [0, 0.05) is 23.9 Å². The van der Waals surface area contributed by atoms with E-state index in [1.54, 1.807) is 18.4 Å². The van der Waals surface area contributed by atoms with E-state index in [0.29, 0.717) is 13.2 Å². The Morgan fingerprint density at radius 2 is 2.15 bits per heavy atom. The van der Waals surface area contributed by atoms with Crippen LogP contribution in [0.4, 0.5) is 0 Å². The predicted octanol–water partition coefficient (Wildman–Crippen LogP) is 2.03. The second-order valence-corrected chi connectivity index (χ2v) is 7.01. The van der Waals surface area contributed by atoms with Crippen LogP contribution in [0.5, 0.6) is 0 Å². The number of thiophene rings is 1. The number of carbonyl (C=O) groups is 1. The average molecular weight is 296 g/mol. The second kappa shape index (κ2) is 6.70. The van der Waals surface area contributed by atoms with Gasteiger partial charge in [-0.05, 0) is 45.0 Å². The molecule has 0 unspecified atom stereocenters. The van der Waals surface area contributed by atoms with Crippen LogP contribution in [0.2, 0.25) is 0 Å². The molecule has 1 aliphatic rings. The molecule has 0 saturated carbocycles. The number of nitrogens with one attached hydrogen (secondary N) is 1. The third kappa shape index (κ3) is 3.40. The highest BCUT2D eigenvalue weighted by Crippen LogP contribution is 2.32. The molecule has 2 rings (SSSR count). The maximum absolute atomic E-state index is 12.8. The molecule has 20 heavy (non-hydrogen) atoms. The van der Waals surface area contributed by atoms with E-state index >= 15 is 0 Å². The molecule has 112 valence electrons. The number of ether oxygens (including phenoxy) is 1. The van der Waals surface area contributed by atoms with E-state index in [0.717, 1.165) is 25.9 Å². The van der Waals surface area contributed by atoms with Crippen LogP contribution in [0.25, 0.3) is 0 Å². The first kappa shape index (κ1) is 15.5. The molecule has 1 N–H and O–H groups in total. The summed E-state index contributed by atoms with van der Waals surface area (Å²) in [4.78, 5) is 17.2. The summed E-state index contributed by atoms with van der Waals surface area (Å²) in [5.41, 5.74) is -0.346. The maximum Gasteiger partial charge on any atom is 0.231 e.